The van der Waals surface area contributed by atoms with Gasteiger partial charge in [-0.05, 0) is 97.0 Å². The fourth-order valence-corrected chi connectivity index (χ4v) is 10.9. The molecule has 0 radical (unpaired) electrons. The zero-order valence-electron chi connectivity index (χ0n) is 42.0. The number of β-lactam (4-membered cyclic amide) rings is 1. The van der Waals surface area contributed by atoms with Crippen molar-refractivity contribution in [3.8, 4) is 22.6 Å². The van der Waals surface area contributed by atoms with Crippen LogP contribution in [0.15, 0.2) is 152 Å². The Bertz CT molecular complexity index is 3130. The van der Waals surface area contributed by atoms with E-state index in [2.05, 4.69) is 10.6 Å². The minimum atomic E-state index is -2.10. The SMILES string of the molecule is O=C(Nc1ccccc1F)OC[C@H]1O[C@@H](OC2[C@@H](CO)O[C@@H](Oc3cccc(-c4ccc([C@H]5N(c6ccccc6)C(=O)C56CCC(O)(c5ccccc5)CC6)c(O)c4)c3)[C@H](O)[C@H]2O)[C@H](O)[C@@H](O)[C@@H]1OC(=O)Nc1ccccc1F. The monoisotopic (exact) mass is 1090 g/mol. The predicted octanol–water partition coefficient (Wildman–Crippen LogP) is 6.39. The first-order chi connectivity index (χ1) is 38.1. The summed E-state index contributed by atoms with van der Waals surface area (Å²) >= 11 is 0. The largest absolute Gasteiger partial charge is 0.508 e. The molecule has 4 fully saturated rings. The van der Waals surface area contributed by atoms with Crippen molar-refractivity contribution in [1.82, 2.24) is 0 Å². The summed E-state index contributed by atoms with van der Waals surface area (Å²) in [6.07, 6.45) is -19.4. The highest BCUT2D eigenvalue weighted by atomic mass is 19.1. The predicted molar refractivity (Wildman–Crippen MR) is 277 cm³/mol. The van der Waals surface area contributed by atoms with Gasteiger partial charge in [0.25, 0.3) is 0 Å². The van der Waals surface area contributed by atoms with Gasteiger partial charge < -0.3 is 69.1 Å². The van der Waals surface area contributed by atoms with Gasteiger partial charge in [0.1, 0.15) is 72.5 Å². The highest BCUT2D eigenvalue weighted by Crippen LogP contribution is 2.62. The number of para-hydroxylation sites is 3. The normalized spacial score (nSPS) is 29.5. The first kappa shape index (κ1) is 54.8. The summed E-state index contributed by atoms with van der Waals surface area (Å²) in [5.41, 5.74) is 0.537. The molecule has 3 saturated heterocycles. The second-order valence-corrected chi connectivity index (χ2v) is 19.9. The molecule has 1 spiro atoms. The smallest absolute Gasteiger partial charge is 0.412 e. The van der Waals surface area contributed by atoms with Crippen molar-refractivity contribution in [2.24, 2.45) is 5.41 Å². The van der Waals surface area contributed by atoms with E-state index in [1.165, 1.54) is 36.4 Å². The minimum Gasteiger partial charge on any atom is -0.508 e. The number of benzene rings is 6. The first-order valence-corrected chi connectivity index (χ1v) is 25.5. The molecule has 414 valence electrons. The number of rotatable bonds is 14. The van der Waals surface area contributed by atoms with Crippen LogP contribution >= 0.6 is 0 Å². The van der Waals surface area contributed by atoms with E-state index in [9.17, 15) is 58.9 Å². The van der Waals surface area contributed by atoms with E-state index in [1.54, 1.807) is 47.4 Å². The third-order valence-electron chi connectivity index (χ3n) is 15.1. The number of nitrogens with one attached hydrogen (secondary N) is 2. The van der Waals surface area contributed by atoms with Crippen molar-refractivity contribution in [3.05, 3.63) is 174 Å². The van der Waals surface area contributed by atoms with Gasteiger partial charge in [0, 0.05) is 11.3 Å². The number of carbonyl (C=O) groups excluding carboxylic acids is 3. The van der Waals surface area contributed by atoms with Crippen LogP contribution in [0.1, 0.15) is 42.9 Å². The average molecular weight is 1090 g/mol. The van der Waals surface area contributed by atoms with Crippen LogP contribution < -0.4 is 20.3 Å². The van der Waals surface area contributed by atoms with Crippen LogP contribution in [0.25, 0.3) is 11.1 Å². The summed E-state index contributed by atoms with van der Waals surface area (Å²) in [7, 11) is 0. The molecule has 1 unspecified atom stereocenters. The van der Waals surface area contributed by atoms with Gasteiger partial charge in [-0.1, -0.05) is 97.1 Å². The molecular formula is C58H57F2N3O16. The number of nitrogens with zero attached hydrogens (tertiary/aromatic N) is 1. The number of carbonyl (C=O) groups is 3. The van der Waals surface area contributed by atoms with Crippen LogP contribution in [0.3, 0.4) is 0 Å². The van der Waals surface area contributed by atoms with E-state index in [0.29, 0.717) is 48.1 Å². The van der Waals surface area contributed by atoms with Crippen LogP contribution in [0.5, 0.6) is 11.5 Å². The minimum absolute atomic E-state index is 0.0755. The number of hydrogen-bond donors (Lipinski definition) is 9. The maximum atomic E-state index is 14.4. The topological polar surface area (TPSA) is 275 Å². The van der Waals surface area contributed by atoms with Crippen LogP contribution in [0, 0.1) is 17.0 Å². The van der Waals surface area contributed by atoms with Gasteiger partial charge in [-0.15, -0.1) is 0 Å². The number of aromatic hydroxyl groups is 1. The molecule has 3 amide bonds. The van der Waals surface area contributed by atoms with Crippen LogP contribution in [0.2, 0.25) is 0 Å². The van der Waals surface area contributed by atoms with E-state index >= 15 is 0 Å². The Morgan fingerprint density at radius 2 is 1.23 bits per heavy atom. The van der Waals surface area contributed by atoms with Crippen molar-refractivity contribution in [2.75, 3.05) is 28.7 Å². The lowest BCUT2D eigenvalue weighted by atomic mass is 9.56. The molecule has 11 atom stereocenters. The Labute approximate surface area is 451 Å². The molecular weight excluding hydrogens is 1030 g/mol. The Morgan fingerprint density at radius 3 is 1.87 bits per heavy atom. The number of aliphatic hydroxyl groups excluding tert-OH is 5. The molecule has 0 aromatic heterocycles. The van der Waals surface area contributed by atoms with Crippen molar-refractivity contribution in [1.29, 1.82) is 0 Å². The lowest BCUT2D eigenvalue weighted by Crippen LogP contribution is -2.65. The van der Waals surface area contributed by atoms with Gasteiger partial charge in [0.05, 0.1) is 35.0 Å². The van der Waals surface area contributed by atoms with Gasteiger partial charge in [-0.25, -0.2) is 18.4 Å². The van der Waals surface area contributed by atoms with Crippen LogP contribution in [-0.2, 0) is 34.1 Å². The Morgan fingerprint density at radius 1 is 0.646 bits per heavy atom. The van der Waals surface area contributed by atoms with Gasteiger partial charge in [-0.2, -0.15) is 0 Å². The molecule has 1 saturated carbocycles. The first-order valence-electron chi connectivity index (χ1n) is 25.5. The third kappa shape index (κ3) is 11.1. The van der Waals surface area contributed by atoms with Crippen molar-refractivity contribution >= 4 is 35.2 Å². The third-order valence-corrected chi connectivity index (χ3v) is 15.1. The average Bonchev–Trinajstić information content (AvgIpc) is 3.60. The van der Waals surface area contributed by atoms with Gasteiger partial charge in [0.2, 0.25) is 12.2 Å². The second-order valence-electron chi connectivity index (χ2n) is 19.9. The number of phenols is 1. The highest BCUT2D eigenvalue weighted by Gasteiger charge is 2.64. The molecule has 1 aliphatic carbocycles. The van der Waals surface area contributed by atoms with Crippen molar-refractivity contribution < 1.29 is 87.3 Å². The van der Waals surface area contributed by atoms with Crippen molar-refractivity contribution in [3.63, 3.8) is 0 Å². The molecule has 3 aliphatic heterocycles. The standard InChI is InChI=1S/C58H57F2N3O16/c59-38-18-7-9-20-40(38)61-55(71)74-31-44-50(79-56(72)62-41-21-10-8-19-39(41)60)46(67)48(69)53(77-44)78-49-43(30-64)76-52(47(68)45(49)66)75-36-17-11-12-32(28-36)33-22-23-37(42(65)29-33)51-57(54(70)63(51)35-15-5-2-6-16-35)24-26-58(73,27-25-57)34-13-3-1-4-14-34/h1-23,28-29,43-53,64-69,73H,24-27,30-31H2,(H,61,71)(H,62,72)/t43-,44-,45-,46-,47-,48-,49?,50-,51-,52-,53+,57?,58?/m1/s1. The number of phenolic OH excluding ortho intramolecular Hbond substituents is 1. The zero-order chi connectivity index (χ0) is 55.6. The highest BCUT2D eigenvalue weighted by molar-refractivity contribution is 6.06. The maximum absolute atomic E-state index is 14.4. The molecule has 6 aromatic carbocycles. The quantitative estimate of drug-likeness (QED) is 0.0535. The van der Waals surface area contributed by atoms with Crippen LogP contribution in [-0.4, -0.2) is 128 Å². The lowest BCUT2D eigenvalue weighted by Gasteiger charge is -2.59. The number of aliphatic hydroxyl groups is 6. The van der Waals surface area contributed by atoms with Gasteiger partial charge in [0.15, 0.2) is 12.4 Å². The summed E-state index contributed by atoms with van der Waals surface area (Å²) in [5, 5.41) is 84.1. The van der Waals surface area contributed by atoms with Crippen molar-refractivity contribution in [2.45, 2.75) is 98.7 Å². The summed E-state index contributed by atoms with van der Waals surface area (Å²) in [6, 6.07) is 40.0. The molecule has 0 bridgehead atoms. The molecule has 21 heteroatoms. The van der Waals surface area contributed by atoms with E-state index in [4.69, 9.17) is 28.4 Å². The number of ether oxygens (including phenoxy) is 6. The molecule has 4 aliphatic rings. The number of hydrogen-bond acceptors (Lipinski definition) is 16. The molecule has 10 rings (SSSR count). The molecule has 6 aromatic rings. The molecule has 79 heavy (non-hydrogen) atoms. The summed E-state index contributed by atoms with van der Waals surface area (Å²) in [4.78, 5) is 41.8. The second kappa shape index (κ2) is 23.0. The summed E-state index contributed by atoms with van der Waals surface area (Å²) < 4.78 is 63.0. The van der Waals surface area contributed by atoms with E-state index in [0.717, 1.165) is 17.7 Å². The fraction of sp³-hybridized carbons (Fsp3) is 0.328. The lowest BCUT2D eigenvalue weighted by molar-refractivity contribution is -0.351. The Hall–Kier alpha value is -7.57. The number of anilines is 3. The fourth-order valence-electron chi connectivity index (χ4n) is 10.9. The molecule has 19 nitrogen and oxygen atoms in total. The zero-order valence-corrected chi connectivity index (χ0v) is 42.0. The molecule has 3 heterocycles. The maximum Gasteiger partial charge on any atom is 0.412 e. The Kier molecular flexibility index (Phi) is 16.0. The number of halogens is 2. The van der Waals surface area contributed by atoms with Crippen LogP contribution in [0.4, 0.5) is 35.4 Å². The number of amides is 3. The van der Waals surface area contributed by atoms with Gasteiger partial charge >= 0.3 is 12.2 Å². The molecule has 9 N–H and O–H groups in total. The Balaban J connectivity index is 0.824. The van der Waals surface area contributed by atoms with E-state index in [1.807, 2.05) is 60.7 Å². The summed E-state index contributed by atoms with van der Waals surface area (Å²) in [6.45, 7) is -1.70. The summed E-state index contributed by atoms with van der Waals surface area (Å²) in [5.74, 6) is -1.66. The van der Waals surface area contributed by atoms with E-state index in [-0.39, 0.29) is 28.8 Å². The van der Waals surface area contributed by atoms with Gasteiger partial charge in [-0.3, -0.25) is 15.4 Å². The van der Waals surface area contributed by atoms with E-state index < -0.39 is 116 Å².